The van der Waals surface area contributed by atoms with Crippen LogP contribution in [0.15, 0.2) is 66.7 Å². The van der Waals surface area contributed by atoms with Crippen molar-refractivity contribution in [1.29, 1.82) is 0 Å². The van der Waals surface area contributed by atoms with Crippen molar-refractivity contribution in [3.63, 3.8) is 0 Å². The lowest BCUT2D eigenvalue weighted by Crippen LogP contribution is -2.26. The zero-order chi connectivity index (χ0) is 19.4. The Morgan fingerprint density at radius 1 is 0.964 bits per heavy atom. The summed E-state index contributed by atoms with van der Waals surface area (Å²) in [5.41, 5.74) is 1.15. The molecule has 0 saturated heterocycles. The molecular formula is C24H29NO3. The highest BCUT2D eigenvalue weighted by atomic mass is 16.5. The minimum atomic E-state index is 0.156. The van der Waals surface area contributed by atoms with E-state index in [0.717, 1.165) is 42.7 Å². The summed E-state index contributed by atoms with van der Waals surface area (Å²) in [5, 5.41) is 3.00. The van der Waals surface area contributed by atoms with Crippen molar-refractivity contribution in [2.24, 2.45) is 5.92 Å². The van der Waals surface area contributed by atoms with Gasteiger partial charge >= 0.3 is 0 Å². The van der Waals surface area contributed by atoms with Gasteiger partial charge in [-0.1, -0.05) is 42.5 Å². The van der Waals surface area contributed by atoms with Gasteiger partial charge in [0.2, 0.25) is 5.91 Å². The summed E-state index contributed by atoms with van der Waals surface area (Å²) in [6.45, 7) is 1.92. The molecule has 0 aliphatic heterocycles. The zero-order valence-electron chi connectivity index (χ0n) is 16.3. The van der Waals surface area contributed by atoms with Crippen molar-refractivity contribution in [3.05, 3.63) is 72.3 Å². The lowest BCUT2D eigenvalue weighted by atomic mass is 10.1. The van der Waals surface area contributed by atoms with Crippen LogP contribution in [0, 0.1) is 5.92 Å². The summed E-state index contributed by atoms with van der Waals surface area (Å²) in [5.74, 6) is 2.26. The first kappa shape index (κ1) is 20.0. The first-order valence-corrected chi connectivity index (χ1v) is 10.1. The number of benzene rings is 2. The van der Waals surface area contributed by atoms with Gasteiger partial charge in [0.05, 0.1) is 6.61 Å². The zero-order valence-corrected chi connectivity index (χ0v) is 16.3. The average molecular weight is 380 g/mol. The highest BCUT2D eigenvalue weighted by Gasteiger charge is 2.13. The molecule has 4 nitrogen and oxygen atoms in total. The molecule has 1 amide bonds. The van der Waals surface area contributed by atoms with Gasteiger partial charge in [0.15, 0.2) is 0 Å². The third-order valence-corrected chi connectivity index (χ3v) is 4.79. The number of rotatable bonds is 11. The predicted molar refractivity (Wildman–Crippen MR) is 111 cm³/mol. The maximum atomic E-state index is 11.8. The van der Waals surface area contributed by atoms with Crippen molar-refractivity contribution in [1.82, 2.24) is 5.32 Å². The van der Waals surface area contributed by atoms with Crippen LogP contribution in [0.3, 0.4) is 0 Å². The van der Waals surface area contributed by atoms with Gasteiger partial charge in [-0.2, -0.15) is 0 Å². The Balaban J connectivity index is 1.24. The second-order valence-corrected chi connectivity index (χ2v) is 7.12. The molecule has 0 fully saturated rings. The minimum absolute atomic E-state index is 0.156. The van der Waals surface area contributed by atoms with Crippen LogP contribution in [0.5, 0.6) is 11.5 Å². The maximum absolute atomic E-state index is 11.8. The van der Waals surface area contributed by atoms with Gasteiger partial charge < -0.3 is 14.8 Å². The van der Waals surface area contributed by atoms with Crippen LogP contribution >= 0.6 is 0 Å². The van der Waals surface area contributed by atoms with E-state index >= 15 is 0 Å². The molecule has 2 aromatic rings. The van der Waals surface area contributed by atoms with Gasteiger partial charge in [-0.05, 0) is 61.4 Å². The quantitative estimate of drug-likeness (QED) is 0.446. The summed E-state index contributed by atoms with van der Waals surface area (Å²) in [4.78, 5) is 11.8. The lowest BCUT2D eigenvalue weighted by molar-refractivity contribution is -0.121. The lowest BCUT2D eigenvalue weighted by Gasteiger charge is -2.10. The molecule has 3 rings (SSSR count). The fourth-order valence-corrected chi connectivity index (χ4v) is 3.19. The molecule has 2 aromatic carbocycles. The van der Waals surface area contributed by atoms with E-state index in [4.69, 9.17) is 9.47 Å². The number of carbonyl (C=O) groups is 1. The van der Waals surface area contributed by atoms with Crippen LogP contribution in [0.2, 0.25) is 0 Å². The van der Waals surface area contributed by atoms with Crippen LogP contribution < -0.4 is 14.8 Å². The topological polar surface area (TPSA) is 47.6 Å². The van der Waals surface area contributed by atoms with E-state index in [9.17, 15) is 4.79 Å². The SMILES string of the molecule is O=C(C[C@H]1C=CCC1)NCCCCOc1ccc(OCc2ccccc2)cc1. The number of carbonyl (C=O) groups excluding carboxylic acids is 1. The molecule has 0 aromatic heterocycles. The van der Waals surface area contributed by atoms with Crippen molar-refractivity contribution in [2.45, 2.75) is 38.7 Å². The highest BCUT2D eigenvalue weighted by Crippen LogP contribution is 2.20. The Morgan fingerprint density at radius 3 is 2.43 bits per heavy atom. The van der Waals surface area contributed by atoms with Crippen LogP contribution in [-0.2, 0) is 11.4 Å². The molecule has 148 valence electrons. The molecule has 1 N–H and O–H groups in total. The van der Waals surface area contributed by atoms with E-state index in [1.54, 1.807) is 0 Å². The van der Waals surface area contributed by atoms with Gasteiger partial charge in [0.1, 0.15) is 18.1 Å². The summed E-state index contributed by atoms with van der Waals surface area (Å²) in [6, 6.07) is 17.8. The molecule has 0 radical (unpaired) electrons. The number of unbranched alkanes of at least 4 members (excludes halogenated alkanes) is 1. The Morgan fingerprint density at radius 2 is 1.71 bits per heavy atom. The highest BCUT2D eigenvalue weighted by molar-refractivity contribution is 5.76. The number of amides is 1. The fourth-order valence-electron chi connectivity index (χ4n) is 3.19. The second kappa shape index (κ2) is 11.2. The van der Waals surface area contributed by atoms with Gasteiger partial charge in [-0.3, -0.25) is 4.79 Å². The second-order valence-electron chi connectivity index (χ2n) is 7.12. The fraction of sp³-hybridized carbons (Fsp3) is 0.375. The van der Waals surface area contributed by atoms with Gasteiger partial charge in [-0.15, -0.1) is 0 Å². The molecular weight excluding hydrogens is 350 g/mol. The van der Waals surface area contributed by atoms with E-state index in [1.165, 1.54) is 0 Å². The van der Waals surface area contributed by atoms with Gasteiger partial charge in [0.25, 0.3) is 0 Å². The van der Waals surface area contributed by atoms with Gasteiger partial charge in [0, 0.05) is 13.0 Å². The number of nitrogens with one attached hydrogen (secondary N) is 1. The number of ether oxygens (including phenoxy) is 2. The van der Waals surface area contributed by atoms with Crippen molar-refractivity contribution < 1.29 is 14.3 Å². The average Bonchev–Trinajstić information content (AvgIpc) is 3.23. The Labute approximate surface area is 167 Å². The molecule has 0 spiro atoms. The van der Waals surface area contributed by atoms with Crippen molar-refractivity contribution in [2.75, 3.05) is 13.2 Å². The van der Waals surface area contributed by atoms with Crippen LogP contribution in [-0.4, -0.2) is 19.1 Å². The Hall–Kier alpha value is -2.75. The van der Waals surface area contributed by atoms with E-state index in [-0.39, 0.29) is 5.91 Å². The summed E-state index contributed by atoms with van der Waals surface area (Å²) < 4.78 is 11.5. The molecule has 28 heavy (non-hydrogen) atoms. The molecule has 4 heteroatoms. The molecule has 1 aliphatic carbocycles. The standard InChI is InChI=1S/C24H29NO3/c26-24(18-20-8-4-5-9-20)25-16-6-7-17-27-22-12-14-23(15-13-22)28-19-21-10-2-1-3-11-21/h1-4,8,10-15,20H,5-7,9,16-19H2,(H,25,26)/t20-/m0/s1. The molecule has 0 bridgehead atoms. The molecule has 0 unspecified atom stereocenters. The summed E-state index contributed by atoms with van der Waals surface area (Å²) in [6.07, 6.45) is 8.99. The van der Waals surface area contributed by atoms with E-state index in [2.05, 4.69) is 17.5 Å². The molecule has 0 heterocycles. The Kier molecular flexibility index (Phi) is 7.98. The van der Waals surface area contributed by atoms with Crippen molar-refractivity contribution in [3.8, 4) is 11.5 Å². The summed E-state index contributed by atoms with van der Waals surface area (Å²) in [7, 11) is 0. The molecule has 1 aliphatic rings. The number of hydrogen-bond acceptors (Lipinski definition) is 3. The third kappa shape index (κ3) is 7.10. The Bertz CT molecular complexity index is 740. The first-order valence-electron chi connectivity index (χ1n) is 10.1. The molecule has 1 atom stereocenters. The number of hydrogen-bond donors (Lipinski definition) is 1. The normalized spacial score (nSPS) is 15.4. The summed E-state index contributed by atoms with van der Waals surface area (Å²) >= 11 is 0. The third-order valence-electron chi connectivity index (χ3n) is 4.79. The largest absolute Gasteiger partial charge is 0.494 e. The van der Waals surface area contributed by atoms with Crippen LogP contribution in [0.1, 0.15) is 37.7 Å². The van der Waals surface area contributed by atoms with E-state index in [0.29, 0.717) is 32.1 Å². The predicted octanol–water partition coefficient (Wildman–Crippen LogP) is 4.90. The first-order chi connectivity index (χ1) is 13.8. The van der Waals surface area contributed by atoms with Gasteiger partial charge in [-0.25, -0.2) is 0 Å². The number of allylic oxidation sites excluding steroid dienone is 2. The van der Waals surface area contributed by atoms with Crippen LogP contribution in [0.4, 0.5) is 0 Å². The minimum Gasteiger partial charge on any atom is -0.494 e. The molecule has 0 saturated carbocycles. The van der Waals surface area contributed by atoms with Crippen molar-refractivity contribution >= 4 is 5.91 Å². The smallest absolute Gasteiger partial charge is 0.220 e. The maximum Gasteiger partial charge on any atom is 0.220 e. The van der Waals surface area contributed by atoms with E-state index in [1.807, 2.05) is 54.6 Å². The monoisotopic (exact) mass is 379 g/mol. The van der Waals surface area contributed by atoms with Crippen LogP contribution in [0.25, 0.3) is 0 Å². The van der Waals surface area contributed by atoms with E-state index < -0.39 is 0 Å².